The number of ether oxygens (including phenoxy) is 2. The summed E-state index contributed by atoms with van der Waals surface area (Å²) in [5.74, 6) is -0.386. The minimum atomic E-state index is -4.51. The number of phosphoric acid groups is 1. The number of unbranched alkanes of at least 4 members (excludes halogenated alkanes) is 20. The largest absolute Gasteiger partial charge is 0.472 e. The predicted octanol–water partition coefficient (Wildman–Crippen LogP) is 10.3. The minimum absolute atomic E-state index is 0.0453. The third-order valence-corrected chi connectivity index (χ3v) is 9.32. The van der Waals surface area contributed by atoms with Crippen LogP contribution < -0.4 is 0 Å². The SMILES string of the molecule is CCC/C=C\C/C=C\CCCCCCCCOCC(COP(=O)(O)OCC(O)CO)OC(=O)CCCCCCCCCCCCCCCC. The van der Waals surface area contributed by atoms with Crippen molar-refractivity contribution in [3.63, 3.8) is 0 Å². The predicted molar refractivity (Wildman–Crippen MR) is 201 cm³/mol. The van der Waals surface area contributed by atoms with Crippen molar-refractivity contribution in [3.05, 3.63) is 24.3 Å². The smallest absolute Gasteiger partial charge is 0.457 e. The second-order valence-corrected chi connectivity index (χ2v) is 14.8. The van der Waals surface area contributed by atoms with Crippen molar-refractivity contribution in [2.45, 2.75) is 187 Å². The molecule has 3 atom stereocenters. The van der Waals surface area contributed by atoms with Crippen molar-refractivity contribution in [2.75, 3.05) is 33.0 Å². The molecule has 0 aliphatic carbocycles. The topological polar surface area (TPSA) is 132 Å². The molecule has 9 nitrogen and oxygen atoms in total. The van der Waals surface area contributed by atoms with Crippen LogP contribution in [0.1, 0.15) is 174 Å². The molecule has 0 aromatic carbocycles. The second kappa shape index (κ2) is 36.7. The fourth-order valence-corrected chi connectivity index (χ4v) is 6.12. The molecule has 0 heterocycles. The molecule has 0 aromatic rings. The first-order chi connectivity index (χ1) is 23.8. The molecule has 290 valence electrons. The molecule has 0 bridgehead atoms. The standard InChI is InChI=1S/C39H75O9P/c1-3-5-7-9-11-13-15-17-19-21-23-25-27-29-31-39(42)48-38(36-47-49(43,44)46-34-37(41)33-40)35-45-32-30-28-26-24-22-20-18-16-14-12-10-8-6-4-2/h8,10,14,16,37-38,40-41H,3-7,9,11-13,15,17-36H2,1-2H3,(H,43,44)/b10-8-,16-14-. The van der Waals surface area contributed by atoms with Gasteiger partial charge in [0.05, 0.1) is 26.4 Å². The van der Waals surface area contributed by atoms with E-state index in [-0.39, 0.29) is 25.6 Å². The van der Waals surface area contributed by atoms with Crippen LogP contribution in [0.3, 0.4) is 0 Å². The second-order valence-electron chi connectivity index (χ2n) is 13.3. The van der Waals surface area contributed by atoms with Gasteiger partial charge in [-0.25, -0.2) is 4.57 Å². The highest BCUT2D eigenvalue weighted by atomic mass is 31.2. The van der Waals surface area contributed by atoms with E-state index in [1.54, 1.807) is 0 Å². The van der Waals surface area contributed by atoms with E-state index < -0.39 is 33.2 Å². The Morgan fingerprint density at radius 1 is 0.633 bits per heavy atom. The maximum absolute atomic E-state index is 12.6. The summed E-state index contributed by atoms with van der Waals surface area (Å²) in [6.45, 7) is 3.44. The summed E-state index contributed by atoms with van der Waals surface area (Å²) in [7, 11) is -4.51. The van der Waals surface area contributed by atoms with E-state index in [1.165, 1.54) is 96.3 Å². The Balaban J connectivity index is 4.22. The van der Waals surface area contributed by atoms with Crippen LogP contribution in [-0.2, 0) is 27.9 Å². The first kappa shape index (κ1) is 47.9. The zero-order valence-electron chi connectivity index (χ0n) is 31.4. The number of esters is 1. The number of carbonyl (C=O) groups is 1. The summed E-state index contributed by atoms with van der Waals surface area (Å²) >= 11 is 0. The summed E-state index contributed by atoms with van der Waals surface area (Å²) in [5.41, 5.74) is 0. The first-order valence-corrected chi connectivity index (χ1v) is 21.3. The fourth-order valence-electron chi connectivity index (χ4n) is 5.33. The average Bonchev–Trinajstić information content (AvgIpc) is 3.09. The maximum Gasteiger partial charge on any atom is 0.472 e. The van der Waals surface area contributed by atoms with Gasteiger partial charge in [0.1, 0.15) is 12.2 Å². The Morgan fingerprint density at radius 2 is 1.14 bits per heavy atom. The molecule has 49 heavy (non-hydrogen) atoms. The summed E-state index contributed by atoms with van der Waals surface area (Å²) in [6.07, 6.45) is 35.6. The van der Waals surface area contributed by atoms with Crippen LogP contribution in [0.15, 0.2) is 24.3 Å². The lowest BCUT2D eigenvalue weighted by Crippen LogP contribution is -2.29. The third kappa shape index (κ3) is 36.5. The van der Waals surface area contributed by atoms with Gasteiger partial charge in [0.15, 0.2) is 0 Å². The number of hydrogen-bond donors (Lipinski definition) is 3. The Morgan fingerprint density at radius 3 is 1.71 bits per heavy atom. The molecule has 0 radical (unpaired) electrons. The van der Waals surface area contributed by atoms with E-state index in [2.05, 4.69) is 38.2 Å². The highest BCUT2D eigenvalue weighted by molar-refractivity contribution is 7.47. The lowest BCUT2D eigenvalue weighted by molar-refractivity contribution is -0.154. The van der Waals surface area contributed by atoms with Gasteiger partial charge < -0.3 is 24.6 Å². The average molecular weight is 719 g/mol. The van der Waals surface area contributed by atoms with Crippen molar-refractivity contribution in [1.29, 1.82) is 0 Å². The highest BCUT2D eigenvalue weighted by Gasteiger charge is 2.26. The molecule has 0 fully saturated rings. The van der Waals surface area contributed by atoms with E-state index in [0.717, 1.165) is 57.8 Å². The van der Waals surface area contributed by atoms with Crippen LogP contribution >= 0.6 is 7.82 Å². The fraction of sp³-hybridized carbons (Fsp3) is 0.872. The normalized spacial score (nSPS) is 14.5. The molecule has 3 N–H and O–H groups in total. The van der Waals surface area contributed by atoms with E-state index in [9.17, 15) is 19.4 Å². The molecule has 0 aliphatic rings. The number of rotatable bonds is 38. The van der Waals surface area contributed by atoms with E-state index in [0.29, 0.717) is 6.61 Å². The summed E-state index contributed by atoms with van der Waals surface area (Å²) in [4.78, 5) is 22.5. The van der Waals surface area contributed by atoms with Gasteiger partial charge in [-0.05, 0) is 38.5 Å². The number of hydrogen-bond acceptors (Lipinski definition) is 8. The van der Waals surface area contributed by atoms with Crippen molar-refractivity contribution >= 4 is 13.8 Å². The van der Waals surface area contributed by atoms with Gasteiger partial charge in [-0.2, -0.15) is 0 Å². The van der Waals surface area contributed by atoms with Crippen LogP contribution in [-0.4, -0.2) is 66.3 Å². The molecule has 0 aliphatic heterocycles. The third-order valence-electron chi connectivity index (χ3n) is 8.37. The molecule has 0 spiro atoms. The summed E-state index contributed by atoms with van der Waals surface area (Å²) in [5, 5.41) is 18.3. The number of aliphatic hydroxyl groups is 2. The monoisotopic (exact) mass is 719 g/mol. The first-order valence-electron chi connectivity index (χ1n) is 19.8. The highest BCUT2D eigenvalue weighted by Crippen LogP contribution is 2.43. The zero-order chi connectivity index (χ0) is 36.1. The Kier molecular flexibility index (Phi) is 35.9. The Bertz CT molecular complexity index is 820. The lowest BCUT2D eigenvalue weighted by Gasteiger charge is -2.20. The maximum atomic E-state index is 12.6. The van der Waals surface area contributed by atoms with Gasteiger partial charge in [-0.15, -0.1) is 0 Å². The Labute approximate surface area is 300 Å². The number of phosphoric ester groups is 1. The van der Waals surface area contributed by atoms with Crippen LogP contribution in [0.25, 0.3) is 0 Å². The van der Waals surface area contributed by atoms with Crippen molar-refractivity contribution < 1.29 is 43.0 Å². The molecule has 3 unspecified atom stereocenters. The van der Waals surface area contributed by atoms with Gasteiger partial charge >= 0.3 is 13.8 Å². The van der Waals surface area contributed by atoms with Crippen molar-refractivity contribution in [2.24, 2.45) is 0 Å². The van der Waals surface area contributed by atoms with Gasteiger partial charge in [0.25, 0.3) is 0 Å². The summed E-state index contributed by atoms with van der Waals surface area (Å²) in [6, 6.07) is 0. The molecule has 0 rings (SSSR count). The molecular weight excluding hydrogens is 643 g/mol. The van der Waals surface area contributed by atoms with Crippen LogP contribution in [0.2, 0.25) is 0 Å². The summed E-state index contributed by atoms with van der Waals surface area (Å²) < 4.78 is 33.3. The Hall–Kier alpha value is -1.06. The lowest BCUT2D eigenvalue weighted by atomic mass is 10.0. The molecule has 0 saturated heterocycles. The molecule has 0 amide bonds. The van der Waals surface area contributed by atoms with E-state index in [4.69, 9.17) is 23.6 Å². The van der Waals surface area contributed by atoms with Gasteiger partial charge in [-0.1, -0.05) is 154 Å². The van der Waals surface area contributed by atoms with Gasteiger partial charge in [0.2, 0.25) is 0 Å². The van der Waals surface area contributed by atoms with E-state index in [1.807, 2.05) is 0 Å². The number of aliphatic hydroxyl groups excluding tert-OH is 2. The molecule has 10 heteroatoms. The van der Waals surface area contributed by atoms with Crippen LogP contribution in [0, 0.1) is 0 Å². The quantitative estimate of drug-likeness (QED) is 0.0247. The van der Waals surface area contributed by atoms with Crippen molar-refractivity contribution in [3.8, 4) is 0 Å². The van der Waals surface area contributed by atoms with Gasteiger partial charge in [0, 0.05) is 13.0 Å². The molecular formula is C39H75O9P. The van der Waals surface area contributed by atoms with Crippen molar-refractivity contribution in [1.82, 2.24) is 0 Å². The minimum Gasteiger partial charge on any atom is -0.457 e. The number of allylic oxidation sites excluding steroid dienone is 4. The van der Waals surface area contributed by atoms with E-state index >= 15 is 0 Å². The molecule has 0 aromatic heterocycles. The zero-order valence-corrected chi connectivity index (χ0v) is 32.3. The van der Waals surface area contributed by atoms with Crippen LogP contribution in [0.5, 0.6) is 0 Å². The van der Waals surface area contributed by atoms with Gasteiger partial charge in [-0.3, -0.25) is 13.8 Å². The number of carbonyl (C=O) groups excluding carboxylic acids is 1. The van der Waals surface area contributed by atoms with Crippen LogP contribution in [0.4, 0.5) is 0 Å². The molecule has 0 saturated carbocycles.